The first-order valence-corrected chi connectivity index (χ1v) is 3.12. The number of esters is 1. The van der Waals surface area contributed by atoms with Gasteiger partial charge in [-0.25, -0.2) is 4.39 Å². The zero-order valence-corrected chi connectivity index (χ0v) is 6.00. The van der Waals surface area contributed by atoms with Crippen LogP contribution in [0.5, 0.6) is 5.75 Å². The average Bonchev–Trinajstić information content (AvgIpc) is 1.93. The smallest absolute Gasteiger partial charge is 0.308 e. The number of hydrogen-bond donors (Lipinski definition) is 0. The monoisotopic (exact) mass is 153 g/mol. The van der Waals surface area contributed by atoms with Gasteiger partial charge in [-0.15, -0.1) is 0 Å². The lowest BCUT2D eigenvalue weighted by Gasteiger charge is -1.98. The molecule has 0 fully saturated rings. The Morgan fingerprint density at radius 3 is 2.36 bits per heavy atom. The van der Waals surface area contributed by atoms with E-state index in [-0.39, 0.29) is 5.82 Å². The molecule has 3 heteroatoms. The Balaban J connectivity index is 2.74. The second-order valence-electron chi connectivity index (χ2n) is 2.05. The van der Waals surface area contributed by atoms with Crippen molar-refractivity contribution in [3.8, 4) is 5.75 Å². The Labute approximate surface area is 63.6 Å². The van der Waals surface area contributed by atoms with Crippen molar-refractivity contribution >= 4 is 5.97 Å². The van der Waals surface area contributed by atoms with Gasteiger partial charge in [0.05, 0.1) is 0 Å². The Kier molecular flexibility index (Phi) is 2.21. The van der Waals surface area contributed by atoms with E-state index < -0.39 is 5.97 Å². The first-order chi connectivity index (χ1) is 5.18. The first kappa shape index (κ1) is 7.72. The quantitative estimate of drug-likeness (QED) is 0.454. The lowest BCUT2D eigenvalue weighted by atomic mass is 10.3. The van der Waals surface area contributed by atoms with Crippen LogP contribution in [0.2, 0.25) is 0 Å². The van der Waals surface area contributed by atoms with Gasteiger partial charge in [-0.2, -0.15) is 0 Å². The highest BCUT2D eigenvalue weighted by molar-refractivity contribution is 5.69. The Morgan fingerprint density at radius 2 is 1.91 bits per heavy atom. The molecule has 0 spiro atoms. The summed E-state index contributed by atoms with van der Waals surface area (Å²) in [5.41, 5.74) is 0. The van der Waals surface area contributed by atoms with E-state index in [2.05, 4.69) is 4.74 Å². The third-order valence-electron chi connectivity index (χ3n) is 1.08. The minimum absolute atomic E-state index is 0.346. The van der Waals surface area contributed by atoms with Gasteiger partial charge in [0.15, 0.2) is 0 Å². The van der Waals surface area contributed by atoms with Crippen LogP contribution in [-0.4, -0.2) is 5.97 Å². The van der Waals surface area contributed by atoms with Crippen molar-refractivity contribution in [3.05, 3.63) is 30.1 Å². The molecule has 0 unspecified atom stereocenters. The van der Waals surface area contributed by atoms with Crippen LogP contribution in [0.15, 0.2) is 24.3 Å². The molecular formula is C8H7FO2. The molecule has 1 aromatic rings. The highest BCUT2D eigenvalue weighted by Crippen LogP contribution is 2.10. The minimum Gasteiger partial charge on any atom is -0.427 e. The predicted octanol–water partition coefficient (Wildman–Crippen LogP) is 1.75. The van der Waals surface area contributed by atoms with Crippen molar-refractivity contribution in [2.24, 2.45) is 0 Å². The molecule has 2 nitrogen and oxygen atoms in total. The maximum Gasteiger partial charge on any atom is 0.308 e. The topological polar surface area (TPSA) is 26.3 Å². The summed E-state index contributed by atoms with van der Waals surface area (Å²) in [5, 5.41) is 0. The molecule has 58 valence electrons. The standard InChI is InChI=1S/C8H7FO2/c1-6(10)11-8-4-2-7(9)3-5-8/h2-5H,1H3/i9-1. The van der Waals surface area contributed by atoms with Gasteiger partial charge in [0.25, 0.3) is 0 Å². The Bertz CT molecular complexity index is 253. The summed E-state index contributed by atoms with van der Waals surface area (Å²) in [5.74, 6) is -0.392. The Morgan fingerprint density at radius 1 is 1.36 bits per heavy atom. The molecule has 0 aliphatic carbocycles. The van der Waals surface area contributed by atoms with Crippen LogP contribution in [0.1, 0.15) is 6.92 Å². The van der Waals surface area contributed by atoms with Gasteiger partial charge >= 0.3 is 5.97 Å². The highest BCUT2D eigenvalue weighted by Gasteiger charge is 1.96. The third kappa shape index (κ3) is 2.37. The summed E-state index contributed by atoms with van der Waals surface area (Å²) in [4.78, 5) is 10.4. The minimum atomic E-state index is -0.406. The largest absolute Gasteiger partial charge is 0.427 e. The van der Waals surface area contributed by atoms with Crippen LogP contribution in [0.25, 0.3) is 0 Å². The number of carbonyl (C=O) groups is 1. The molecule has 0 aromatic heterocycles. The summed E-state index contributed by atoms with van der Waals surface area (Å²) >= 11 is 0. The SMILES string of the molecule is CC(=O)Oc1ccc([18F])cc1. The molecule has 0 aliphatic heterocycles. The van der Waals surface area contributed by atoms with Crippen LogP contribution in [-0.2, 0) is 4.79 Å². The molecular weight excluding hydrogens is 146 g/mol. The fourth-order valence-electron chi connectivity index (χ4n) is 0.669. The van der Waals surface area contributed by atoms with E-state index in [9.17, 15) is 9.18 Å². The maximum atomic E-state index is 12.3. The van der Waals surface area contributed by atoms with Gasteiger partial charge in [-0.3, -0.25) is 4.79 Å². The number of carbonyl (C=O) groups excluding carboxylic acids is 1. The van der Waals surface area contributed by atoms with Crippen LogP contribution in [0.4, 0.5) is 4.39 Å². The first-order valence-electron chi connectivity index (χ1n) is 3.12. The molecule has 0 aliphatic rings. The van der Waals surface area contributed by atoms with Crippen molar-refractivity contribution in [2.45, 2.75) is 6.92 Å². The molecule has 0 radical (unpaired) electrons. The molecule has 0 N–H and O–H groups in total. The fourth-order valence-corrected chi connectivity index (χ4v) is 0.669. The van der Waals surface area contributed by atoms with Crippen LogP contribution >= 0.6 is 0 Å². The van der Waals surface area contributed by atoms with Crippen LogP contribution in [0, 0.1) is 5.82 Å². The van der Waals surface area contributed by atoms with Crippen molar-refractivity contribution in [1.82, 2.24) is 0 Å². The van der Waals surface area contributed by atoms with E-state index in [4.69, 9.17) is 0 Å². The van der Waals surface area contributed by atoms with Gasteiger partial charge in [0.1, 0.15) is 11.6 Å². The summed E-state index contributed by atoms with van der Waals surface area (Å²) in [6, 6.07) is 5.27. The van der Waals surface area contributed by atoms with Crippen LogP contribution in [0.3, 0.4) is 0 Å². The zero-order valence-electron chi connectivity index (χ0n) is 6.00. The van der Waals surface area contributed by atoms with E-state index >= 15 is 0 Å². The van der Waals surface area contributed by atoms with Gasteiger partial charge in [-0.1, -0.05) is 0 Å². The fraction of sp³-hybridized carbons (Fsp3) is 0.125. The molecule has 0 atom stereocenters. The van der Waals surface area contributed by atoms with E-state index in [1.54, 1.807) is 0 Å². The number of halogens is 1. The normalized spacial score (nSPS) is 9.27. The summed E-state index contributed by atoms with van der Waals surface area (Å²) in [6.45, 7) is 1.29. The molecule has 0 amide bonds. The summed E-state index contributed by atoms with van der Waals surface area (Å²) in [7, 11) is 0. The highest BCUT2D eigenvalue weighted by atomic mass is 18.2. The van der Waals surface area contributed by atoms with Crippen LogP contribution < -0.4 is 4.74 Å². The molecule has 0 heterocycles. The third-order valence-corrected chi connectivity index (χ3v) is 1.08. The molecule has 0 bridgehead atoms. The van der Waals surface area contributed by atoms with Gasteiger partial charge in [0, 0.05) is 6.92 Å². The van der Waals surface area contributed by atoms with E-state index in [0.29, 0.717) is 5.75 Å². The van der Waals surface area contributed by atoms with Crippen molar-refractivity contribution < 1.29 is 13.9 Å². The van der Waals surface area contributed by atoms with Crippen molar-refractivity contribution in [2.75, 3.05) is 0 Å². The average molecular weight is 153 g/mol. The molecule has 11 heavy (non-hydrogen) atoms. The number of hydrogen-bond acceptors (Lipinski definition) is 2. The van der Waals surface area contributed by atoms with E-state index in [1.807, 2.05) is 0 Å². The van der Waals surface area contributed by atoms with Crippen molar-refractivity contribution in [3.63, 3.8) is 0 Å². The zero-order chi connectivity index (χ0) is 8.27. The number of benzene rings is 1. The van der Waals surface area contributed by atoms with E-state index in [0.717, 1.165) is 0 Å². The van der Waals surface area contributed by atoms with Gasteiger partial charge < -0.3 is 4.74 Å². The molecule has 0 saturated heterocycles. The second-order valence-corrected chi connectivity index (χ2v) is 2.05. The summed E-state index contributed by atoms with van der Waals surface area (Å²) < 4.78 is 16.9. The molecule has 1 rings (SSSR count). The van der Waals surface area contributed by atoms with Crippen molar-refractivity contribution in [1.29, 1.82) is 0 Å². The molecule has 0 saturated carbocycles. The number of rotatable bonds is 1. The second kappa shape index (κ2) is 3.14. The van der Waals surface area contributed by atoms with Gasteiger partial charge in [-0.05, 0) is 24.3 Å². The molecule has 1 aromatic carbocycles. The number of ether oxygens (including phenoxy) is 1. The predicted molar refractivity (Wildman–Crippen MR) is 37.7 cm³/mol. The van der Waals surface area contributed by atoms with Gasteiger partial charge in [0.2, 0.25) is 0 Å². The van der Waals surface area contributed by atoms with E-state index in [1.165, 1.54) is 31.2 Å². The lowest BCUT2D eigenvalue weighted by Crippen LogP contribution is -2.00. The maximum absolute atomic E-state index is 12.3. The summed E-state index contributed by atoms with van der Waals surface area (Å²) in [6.07, 6.45) is 0. The Hall–Kier alpha value is -1.38. The lowest BCUT2D eigenvalue weighted by molar-refractivity contribution is -0.131.